The fourth-order valence-electron chi connectivity index (χ4n) is 2.11. The lowest BCUT2D eigenvalue weighted by Gasteiger charge is -1.97. The number of hydrogen-bond donors (Lipinski definition) is 1. The average molecular weight is 213 g/mol. The highest BCUT2D eigenvalue weighted by molar-refractivity contribution is 6.05. The molecule has 0 saturated carbocycles. The largest absolute Gasteiger partial charge is 0.456 e. The Morgan fingerprint density at radius 3 is 2.88 bits per heavy atom. The van der Waals surface area contributed by atoms with Gasteiger partial charge in [-0.15, -0.1) is 0 Å². The molecule has 0 spiro atoms. The summed E-state index contributed by atoms with van der Waals surface area (Å²) >= 11 is 0. The predicted octanol–water partition coefficient (Wildman–Crippen LogP) is 2.84. The molecule has 2 heterocycles. The van der Waals surface area contributed by atoms with Crippen LogP contribution in [-0.4, -0.2) is 4.98 Å². The minimum atomic E-state index is -0.108. The van der Waals surface area contributed by atoms with Crippen molar-refractivity contribution in [3.05, 3.63) is 46.4 Å². The molecular weight excluding hydrogens is 202 g/mol. The molecule has 3 aromatic rings. The van der Waals surface area contributed by atoms with Crippen molar-refractivity contribution in [2.45, 2.75) is 13.3 Å². The lowest BCUT2D eigenvalue weighted by molar-refractivity contribution is 0.667. The van der Waals surface area contributed by atoms with Crippen molar-refractivity contribution in [1.82, 2.24) is 4.98 Å². The Morgan fingerprint density at radius 2 is 2.06 bits per heavy atom. The number of pyridine rings is 1. The van der Waals surface area contributed by atoms with E-state index in [1.807, 2.05) is 31.2 Å². The molecule has 3 heteroatoms. The van der Waals surface area contributed by atoms with Crippen molar-refractivity contribution in [3.63, 3.8) is 0 Å². The number of nitrogens with one attached hydrogen (secondary N) is 1. The monoisotopic (exact) mass is 213 g/mol. The van der Waals surface area contributed by atoms with Gasteiger partial charge in [0.25, 0.3) is 5.56 Å². The van der Waals surface area contributed by atoms with Crippen LogP contribution in [0.5, 0.6) is 0 Å². The summed E-state index contributed by atoms with van der Waals surface area (Å²) in [5.41, 5.74) is 2.32. The van der Waals surface area contributed by atoms with E-state index in [2.05, 4.69) is 4.98 Å². The molecule has 80 valence electrons. The number of fused-ring (bicyclic) bond motifs is 3. The van der Waals surface area contributed by atoms with E-state index in [-0.39, 0.29) is 5.56 Å². The van der Waals surface area contributed by atoms with Crippen LogP contribution in [0.4, 0.5) is 0 Å². The Hall–Kier alpha value is -2.03. The van der Waals surface area contributed by atoms with Crippen LogP contribution in [0.3, 0.4) is 0 Å². The van der Waals surface area contributed by atoms with E-state index >= 15 is 0 Å². The van der Waals surface area contributed by atoms with Crippen molar-refractivity contribution < 1.29 is 4.42 Å². The second-order valence-electron chi connectivity index (χ2n) is 3.80. The highest BCUT2D eigenvalue weighted by atomic mass is 16.3. The second kappa shape index (κ2) is 3.23. The van der Waals surface area contributed by atoms with Crippen molar-refractivity contribution in [2.75, 3.05) is 0 Å². The molecule has 1 aromatic carbocycles. The first kappa shape index (κ1) is 9.21. The van der Waals surface area contributed by atoms with E-state index < -0.39 is 0 Å². The molecule has 0 aliphatic rings. The third-order valence-corrected chi connectivity index (χ3v) is 2.81. The summed E-state index contributed by atoms with van der Waals surface area (Å²) in [5.74, 6) is 0. The minimum absolute atomic E-state index is 0.108. The smallest absolute Gasteiger partial charge is 0.251 e. The second-order valence-corrected chi connectivity index (χ2v) is 3.80. The molecule has 3 nitrogen and oxygen atoms in total. The summed E-state index contributed by atoms with van der Waals surface area (Å²) in [5, 5.41) is 2.09. The first-order valence-corrected chi connectivity index (χ1v) is 5.33. The van der Waals surface area contributed by atoms with Gasteiger partial charge in [-0.1, -0.05) is 25.1 Å². The van der Waals surface area contributed by atoms with Crippen LogP contribution >= 0.6 is 0 Å². The maximum atomic E-state index is 11.4. The molecule has 0 fully saturated rings. The number of para-hydroxylation sites is 1. The van der Waals surface area contributed by atoms with Gasteiger partial charge < -0.3 is 9.40 Å². The SMILES string of the molecule is CCc1[nH]c(=O)cc2oc3ccccc3c12. The molecule has 2 aromatic heterocycles. The van der Waals surface area contributed by atoms with Gasteiger partial charge >= 0.3 is 0 Å². The highest BCUT2D eigenvalue weighted by Crippen LogP contribution is 2.29. The van der Waals surface area contributed by atoms with Crippen molar-refractivity contribution in [2.24, 2.45) is 0 Å². The summed E-state index contributed by atoms with van der Waals surface area (Å²) in [7, 11) is 0. The summed E-state index contributed by atoms with van der Waals surface area (Å²) in [6.45, 7) is 2.02. The first-order chi connectivity index (χ1) is 7.79. The van der Waals surface area contributed by atoms with Gasteiger partial charge in [-0.2, -0.15) is 0 Å². The van der Waals surface area contributed by atoms with Gasteiger partial charge in [0, 0.05) is 22.5 Å². The summed E-state index contributed by atoms with van der Waals surface area (Å²) in [6.07, 6.45) is 0.788. The maximum absolute atomic E-state index is 11.4. The van der Waals surface area contributed by atoms with Gasteiger partial charge in [0.05, 0.1) is 0 Å². The predicted molar refractivity (Wildman–Crippen MR) is 63.7 cm³/mol. The van der Waals surface area contributed by atoms with Crippen LogP contribution in [0.25, 0.3) is 21.9 Å². The van der Waals surface area contributed by atoms with Crippen molar-refractivity contribution >= 4 is 21.9 Å². The molecule has 3 rings (SSSR count). The van der Waals surface area contributed by atoms with Gasteiger partial charge in [0.1, 0.15) is 11.2 Å². The molecule has 0 atom stereocenters. The van der Waals surface area contributed by atoms with Gasteiger partial charge in [0.15, 0.2) is 0 Å². The molecule has 0 radical (unpaired) electrons. The number of aromatic amines is 1. The number of aromatic nitrogens is 1. The molecule has 0 amide bonds. The summed E-state index contributed by atoms with van der Waals surface area (Å²) in [6, 6.07) is 9.34. The number of furan rings is 1. The maximum Gasteiger partial charge on any atom is 0.251 e. The quantitative estimate of drug-likeness (QED) is 0.675. The van der Waals surface area contributed by atoms with Gasteiger partial charge in [-0.05, 0) is 12.5 Å². The van der Waals surface area contributed by atoms with Gasteiger partial charge in [0.2, 0.25) is 0 Å². The van der Waals surface area contributed by atoms with Gasteiger partial charge in [-0.25, -0.2) is 0 Å². The number of benzene rings is 1. The van der Waals surface area contributed by atoms with E-state index in [4.69, 9.17) is 4.42 Å². The summed E-state index contributed by atoms with van der Waals surface area (Å²) in [4.78, 5) is 14.3. The Labute approximate surface area is 91.7 Å². The minimum Gasteiger partial charge on any atom is -0.456 e. The number of hydrogen-bond acceptors (Lipinski definition) is 2. The molecule has 0 unspecified atom stereocenters. The lowest BCUT2D eigenvalue weighted by atomic mass is 10.1. The van der Waals surface area contributed by atoms with Crippen LogP contribution in [0.2, 0.25) is 0 Å². The van der Waals surface area contributed by atoms with E-state index in [1.165, 1.54) is 6.07 Å². The fraction of sp³-hybridized carbons (Fsp3) is 0.154. The average Bonchev–Trinajstić information content (AvgIpc) is 2.65. The van der Waals surface area contributed by atoms with E-state index in [0.717, 1.165) is 28.5 Å². The summed E-state index contributed by atoms with van der Waals surface area (Å²) < 4.78 is 5.66. The van der Waals surface area contributed by atoms with E-state index in [9.17, 15) is 4.79 Å². The van der Waals surface area contributed by atoms with Crippen molar-refractivity contribution in [3.8, 4) is 0 Å². The zero-order chi connectivity index (χ0) is 11.1. The van der Waals surface area contributed by atoms with Gasteiger partial charge in [-0.3, -0.25) is 4.79 Å². The Bertz CT molecular complexity index is 721. The zero-order valence-electron chi connectivity index (χ0n) is 8.91. The third-order valence-electron chi connectivity index (χ3n) is 2.81. The first-order valence-electron chi connectivity index (χ1n) is 5.33. The molecule has 0 aliphatic carbocycles. The molecular formula is C13H11NO2. The number of H-pyrrole nitrogens is 1. The van der Waals surface area contributed by atoms with Crippen molar-refractivity contribution in [1.29, 1.82) is 0 Å². The molecule has 0 aliphatic heterocycles. The topological polar surface area (TPSA) is 46.0 Å². The van der Waals surface area contributed by atoms with Crippen LogP contribution in [0, 0.1) is 0 Å². The third kappa shape index (κ3) is 1.18. The lowest BCUT2D eigenvalue weighted by Crippen LogP contribution is -2.06. The molecule has 0 bridgehead atoms. The normalized spacial score (nSPS) is 11.3. The zero-order valence-corrected chi connectivity index (χ0v) is 8.91. The highest BCUT2D eigenvalue weighted by Gasteiger charge is 2.10. The molecule has 16 heavy (non-hydrogen) atoms. The van der Waals surface area contributed by atoms with E-state index in [1.54, 1.807) is 0 Å². The van der Waals surface area contributed by atoms with Crippen LogP contribution in [0.1, 0.15) is 12.6 Å². The van der Waals surface area contributed by atoms with Crippen LogP contribution in [-0.2, 0) is 6.42 Å². The Morgan fingerprint density at radius 1 is 1.25 bits per heavy atom. The van der Waals surface area contributed by atoms with Crippen LogP contribution in [0.15, 0.2) is 39.5 Å². The Kier molecular flexibility index (Phi) is 1.86. The fourth-order valence-corrected chi connectivity index (χ4v) is 2.11. The van der Waals surface area contributed by atoms with E-state index in [0.29, 0.717) is 5.58 Å². The molecule has 0 saturated heterocycles. The molecule has 1 N–H and O–H groups in total. The van der Waals surface area contributed by atoms with Crippen LogP contribution < -0.4 is 5.56 Å². The number of aryl methyl sites for hydroxylation is 1. The standard InChI is InChI=1S/C13H11NO2/c1-2-9-13-8-5-3-4-6-10(8)16-11(13)7-12(15)14-9/h3-7H,2H2,1H3,(H,14,15). The number of rotatable bonds is 1. The Balaban J connectivity index is 2.60.